The Morgan fingerprint density at radius 2 is 1.90 bits per heavy atom. The molecular formula is C14H19N3O2S. The first-order valence-electron chi connectivity index (χ1n) is 6.39. The van der Waals surface area contributed by atoms with Gasteiger partial charge in [-0.2, -0.15) is 0 Å². The van der Waals surface area contributed by atoms with Crippen LogP contribution in [-0.4, -0.2) is 29.4 Å². The van der Waals surface area contributed by atoms with Crippen molar-refractivity contribution in [2.75, 3.05) is 6.54 Å². The number of thiocarbonyl (C=S) groups is 1. The number of nitrogens with two attached hydrogens (primary N) is 1. The van der Waals surface area contributed by atoms with Crippen molar-refractivity contribution in [2.24, 2.45) is 5.73 Å². The van der Waals surface area contributed by atoms with Crippen LogP contribution in [0.4, 0.5) is 0 Å². The number of hydrogen-bond acceptors (Lipinski definition) is 3. The minimum absolute atomic E-state index is 0.190. The van der Waals surface area contributed by atoms with Crippen molar-refractivity contribution in [3.8, 4) is 0 Å². The average molecular weight is 293 g/mol. The zero-order valence-corrected chi connectivity index (χ0v) is 12.4. The Balaban J connectivity index is 2.54. The van der Waals surface area contributed by atoms with Gasteiger partial charge in [-0.3, -0.25) is 9.59 Å². The highest BCUT2D eigenvalue weighted by atomic mass is 32.1. The number of likely N-dealkylation sites (N-methyl/N-ethyl adjacent to an activating group) is 1. The fourth-order valence-corrected chi connectivity index (χ4v) is 1.79. The minimum Gasteiger partial charge on any atom is -0.389 e. The molecule has 108 valence electrons. The first-order chi connectivity index (χ1) is 9.43. The normalized spacial score (nSPS) is 11.5. The van der Waals surface area contributed by atoms with Crippen LogP contribution >= 0.6 is 12.2 Å². The van der Waals surface area contributed by atoms with Gasteiger partial charge >= 0.3 is 0 Å². The van der Waals surface area contributed by atoms with Crippen LogP contribution in [0.2, 0.25) is 0 Å². The van der Waals surface area contributed by atoms with E-state index in [4.69, 9.17) is 18.0 Å². The van der Waals surface area contributed by atoms with Gasteiger partial charge in [-0.05, 0) is 19.4 Å². The van der Waals surface area contributed by atoms with E-state index in [0.717, 1.165) is 11.1 Å². The van der Waals surface area contributed by atoms with Crippen LogP contribution in [-0.2, 0) is 16.0 Å². The highest BCUT2D eigenvalue weighted by molar-refractivity contribution is 7.80. The van der Waals surface area contributed by atoms with E-state index >= 15 is 0 Å². The van der Waals surface area contributed by atoms with Gasteiger partial charge in [0, 0.05) is 12.1 Å². The Kier molecular flexibility index (Phi) is 6.11. The fourth-order valence-electron chi connectivity index (χ4n) is 1.66. The Hall–Kier alpha value is -1.95. The van der Waals surface area contributed by atoms with Crippen LogP contribution in [0, 0.1) is 0 Å². The van der Waals surface area contributed by atoms with Gasteiger partial charge in [0.05, 0.1) is 6.42 Å². The maximum absolute atomic E-state index is 11.8. The summed E-state index contributed by atoms with van der Waals surface area (Å²) < 4.78 is 0. The molecule has 0 radical (unpaired) electrons. The molecule has 1 aromatic rings. The summed E-state index contributed by atoms with van der Waals surface area (Å²) >= 11 is 4.86. The molecule has 0 saturated carbocycles. The smallest absolute Gasteiger partial charge is 0.242 e. The molecule has 0 fully saturated rings. The van der Waals surface area contributed by atoms with Gasteiger partial charge in [-0.25, -0.2) is 0 Å². The number of benzene rings is 1. The Labute approximate surface area is 123 Å². The molecule has 4 N–H and O–H groups in total. The fraction of sp³-hybridized carbons (Fsp3) is 0.357. The maximum Gasteiger partial charge on any atom is 0.242 e. The number of nitrogens with one attached hydrogen (secondary N) is 2. The van der Waals surface area contributed by atoms with E-state index < -0.39 is 6.04 Å². The lowest BCUT2D eigenvalue weighted by Gasteiger charge is -2.13. The Bertz CT molecular complexity index is 500. The van der Waals surface area contributed by atoms with E-state index in [0.29, 0.717) is 11.5 Å². The molecule has 0 aliphatic heterocycles. The molecular weight excluding hydrogens is 274 g/mol. The number of amides is 2. The summed E-state index contributed by atoms with van der Waals surface area (Å²) in [5.74, 6) is -0.392. The highest BCUT2D eigenvalue weighted by Gasteiger charge is 2.14. The Morgan fingerprint density at radius 1 is 1.30 bits per heavy atom. The van der Waals surface area contributed by atoms with E-state index in [2.05, 4.69) is 10.6 Å². The first-order valence-corrected chi connectivity index (χ1v) is 6.80. The summed E-state index contributed by atoms with van der Waals surface area (Å²) in [4.78, 5) is 23.6. The lowest BCUT2D eigenvalue weighted by molar-refractivity contribution is -0.128. The van der Waals surface area contributed by atoms with Crippen LogP contribution in [0.5, 0.6) is 0 Å². The lowest BCUT2D eigenvalue weighted by Crippen LogP contribution is -2.45. The molecule has 1 rings (SSSR count). The first kappa shape index (κ1) is 16.1. The lowest BCUT2D eigenvalue weighted by atomic mass is 10.1. The van der Waals surface area contributed by atoms with Gasteiger partial charge < -0.3 is 16.4 Å². The summed E-state index contributed by atoms with van der Waals surface area (Å²) in [7, 11) is 0. The van der Waals surface area contributed by atoms with E-state index in [1.165, 1.54) is 0 Å². The molecule has 0 aliphatic carbocycles. The van der Waals surface area contributed by atoms with Gasteiger partial charge in [0.1, 0.15) is 11.0 Å². The van der Waals surface area contributed by atoms with Gasteiger partial charge in [0.15, 0.2) is 0 Å². The number of carbonyl (C=O) groups excluding carboxylic acids is 2. The molecule has 1 atom stereocenters. The second-order valence-electron chi connectivity index (χ2n) is 4.42. The SMILES string of the molecule is CCNC(=O)C(C)NC(=O)Cc1ccc(C(N)=S)cc1. The quantitative estimate of drug-likeness (QED) is 0.667. The maximum atomic E-state index is 11.8. The summed E-state index contributed by atoms with van der Waals surface area (Å²) in [5, 5.41) is 5.30. The van der Waals surface area contributed by atoms with E-state index in [9.17, 15) is 9.59 Å². The topological polar surface area (TPSA) is 84.2 Å². The van der Waals surface area contributed by atoms with E-state index in [-0.39, 0.29) is 18.2 Å². The van der Waals surface area contributed by atoms with Gasteiger partial charge in [-0.1, -0.05) is 36.5 Å². The third-order valence-corrected chi connectivity index (χ3v) is 2.96. The summed E-state index contributed by atoms with van der Waals surface area (Å²) in [6.45, 7) is 4.02. The molecule has 0 heterocycles. The van der Waals surface area contributed by atoms with E-state index in [1.54, 1.807) is 31.2 Å². The third kappa shape index (κ3) is 4.97. The van der Waals surface area contributed by atoms with Gasteiger partial charge in [0.2, 0.25) is 11.8 Å². The zero-order valence-electron chi connectivity index (χ0n) is 11.6. The molecule has 5 nitrogen and oxygen atoms in total. The summed E-state index contributed by atoms with van der Waals surface area (Å²) in [6, 6.07) is 6.60. The largest absolute Gasteiger partial charge is 0.389 e. The van der Waals surface area contributed by atoms with E-state index in [1.807, 2.05) is 6.92 Å². The van der Waals surface area contributed by atoms with Crippen molar-refractivity contribution in [3.05, 3.63) is 35.4 Å². The van der Waals surface area contributed by atoms with Crippen molar-refractivity contribution in [2.45, 2.75) is 26.3 Å². The highest BCUT2D eigenvalue weighted by Crippen LogP contribution is 2.05. The summed E-state index contributed by atoms with van der Waals surface area (Å²) in [5.41, 5.74) is 7.10. The molecule has 2 amide bonds. The molecule has 0 aliphatic rings. The number of carbonyl (C=O) groups is 2. The van der Waals surface area contributed by atoms with Crippen LogP contribution in [0.25, 0.3) is 0 Å². The van der Waals surface area contributed by atoms with Crippen molar-refractivity contribution in [3.63, 3.8) is 0 Å². The van der Waals surface area contributed by atoms with Crippen molar-refractivity contribution >= 4 is 29.0 Å². The van der Waals surface area contributed by atoms with Crippen molar-refractivity contribution in [1.82, 2.24) is 10.6 Å². The predicted octanol–water partition coefficient (Wildman–Crippen LogP) is 0.504. The number of rotatable bonds is 6. The second-order valence-corrected chi connectivity index (χ2v) is 4.86. The van der Waals surface area contributed by atoms with Crippen LogP contribution in [0.1, 0.15) is 25.0 Å². The standard InChI is InChI=1S/C14H19N3O2S/c1-3-16-14(19)9(2)17-12(18)8-10-4-6-11(7-5-10)13(15)20/h4-7,9H,3,8H2,1-2H3,(H2,15,20)(H,16,19)(H,17,18). The molecule has 20 heavy (non-hydrogen) atoms. The van der Waals surface area contributed by atoms with Crippen LogP contribution in [0.3, 0.4) is 0 Å². The molecule has 0 bridgehead atoms. The predicted molar refractivity (Wildman–Crippen MR) is 82.3 cm³/mol. The van der Waals surface area contributed by atoms with Gasteiger partial charge in [-0.15, -0.1) is 0 Å². The third-order valence-electron chi connectivity index (χ3n) is 2.72. The molecule has 0 saturated heterocycles. The van der Waals surface area contributed by atoms with Crippen LogP contribution in [0.15, 0.2) is 24.3 Å². The van der Waals surface area contributed by atoms with Gasteiger partial charge in [0.25, 0.3) is 0 Å². The average Bonchev–Trinajstić information content (AvgIpc) is 2.39. The monoisotopic (exact) mass is 293 g/mol. The molecule has 1 unspecified atom stereocenters. The molecule has 0 spiro atoms. The molecule has 0 aromatic heterocycles. The molecule has 1 aromatic carbocycles. The zero-order chi connectivity index (χ0) is 15.1. The van der Waals surface area contributed by atoms with Crippen molar-refractivity contribution in [1.29, 1.82) is 0 Å². The number of hydrogen-bond donors (Lipinski definition) is 3. The second kappa shape index (κ2) is 7.59. The Morgan fingerprint density at radius 3 is 2.40 bits per heavy atom. The van der Waals surface area contributed by atoms with Crippen LogP contribution < -0.4 is 16.4 Å². The van der Waals surface area contributed by atoms with Crippen molar-refractivity contribution < 1.29 is 9.59 Å². The summed E-state index contributed by atoms with van der Waals surface area (Å²) in [6.07, 6.45) is 0.210. The minimum atomic E-state index is -0.543. The molecule has 6 heteroatoms.